The summed E-state index contributed by atoms with van der Waals surface area (Å²) in [5.74, 6) is 2.04. The highest BCUT2D eigenvalue weighted by atomic mass is 16.3. The van der Waals surface area contributed by atoms with E-state index in [2.05, 4.69) is 10.1 Å². The molecule has 4 aromatic rings. The van der Waals surface area contributed by atoms with Gasteiger partial charge in [-0.3, -0.25) is 4.79 Å². The van der Waals surface area contributed by atoms with E-state index in [0.717, 1.165) is 22.8 Å². The summed E-state index contributed by atoms with van der Waals surface area (Å²) in [7, 11) is 1.71. The van der Waals surface area contributed by atoms with Crippen LogP contribution >= 0.6 is 0 Å². The lowest BCUT2D eigenvalue weighted by atomic mass is 10.2. The van der Waals surface area contributed by atoms with E-state index in [4.69, 9.17) is 4.42 Å². The standard InChI is InChI=1S/C22H20N4O2/c1-16-13-14-19(28-16)15-25(2)22(27)20-23-21(17-9-5-3-6-10-17)26(24-20)18-11-7-4-8-12-18/h3-14H,15H2,1-2H3. The van der Waals surface area contributed by atoms with Crippen LogP contribution in [0.3, 0.4) is 0 Å². The fourth-order valence-corrected chi connectivity index (χ4v) is 2.97. The number of furan rings is 1. The zero-order valence-corrected chi connectivity index (χ0v) is 15.7. The second-order valence-corrected chi connectivity index (χ2v) is 6.55. The number of hydrogen-bond acceptors (Lipinski definition) is 4. The molecule has 2 aromatic heterocycles. The molecular formula is C22H20N4O2. The fraction of sp³-hybridized carbons (Fsp3) is 0.136. The summed E-state index contributed by atoms with van der Waals surface area (Å²) in [6.07, 6.45) is 0. The molecule has 0 aliphatic rings. The Balaban J connectivity index is 1.69. The van der Waals surface area contributed by atoms with Crippen molar-refractivity contribution < 1.29 is 9.21 Å². The molecule has 1 amide bonds. The smallest absolute Gasteiger partial charge is 0.293 e. The first-order valence-corrected chi connectivity index (χ1v) is 9.00. The molecule has 0 saturated heterocycles. The van der Waals surface area contributed by atoms with Crippen LogP contribution in [-0.4, -0.2) is 32.6 Å². The Morgan fingerprint density at radius 3 is 2.32 bits per heavy atom. The molecule has 6 heteroatoms. The minimum Gasteiger partial charge on any atom is -0.464 e. The van der Waals surface area contributed by atoms with Crippen molar-refractivity contribution in [1.29, 1.82) is 0 Å². The van der Waals surface area contributed by atoms with E-state index in [-0.39, 0.29) is 11.7 Å². The molecule has 4 rings (SSSR count). The van der Waals surface area contributed by atoms with Crippen LogP contribution in [0.15, 0.2) is 77.2 Å². The first-order chi connectivity index (χ1) is 13.6. The first kappa shape index (κ1) is 17.7. The third-order valence-corrected chi connectivity index (χ3v) is 4.37. The Hall–Kier alpha value is -3.67. The van der Waals surface area contributed by atoms with Crippen LogP contribution in [0, 0.1) is 6.92 Å². The second-order valence-electron chi connectivity index (χ2n) is 6.55. The SMILES string of the molecule is Cc1ccc(CN(C)C(=O)c2nc(-c3ccccc3)n(-c3ccccc3)n2)o1. The Labute approximate surface area is 163 Å². The largest absolute Gasteiger partial charge is 0.464 e. The molecule has 2 aromatic carbocycles. The van der Waals surface area contributed by atoms with E-state index in [9.17, 15) is 4.79 Å². The average molecular weight is 372 g/mol. The van der Waals surface area contributed by atoms with Gasteiger partial charge in [-0.25, -0.2) is 9.67 Å². The molecule has 0 bridgehead atoms. The fourth-order valence-electron chi connectivity index (χ4n) is 2.97. The Morgan fingerprint density at radius 2 is 1.68 bits per heavy atom. The van der Waals surface area contributed by atoms with Gasteiger partial charge in [-0.2, -0.15) is 0 Å². The number of para-hydroxylation sites is 1. The van der Waals surface area contributed by atoms with Crippen LogP contribution in [0.1, 0.15) is 22.1 Å². The lowest BCUT2D eigenvalue weighted by molar-refractivity contribution is 0.0763. The number of carbonyl (C=O) groups is 1. The summed E-state index contributed by atoms with van der Waals surface area (Å²) in [5, 5.41) is 4.51. The van der Waals surface area contributed by atoms with E-state index in [1.807, 2.05) is 79.7 Å². The van der Waals surface area contributed by atoms with E-state index in [0.29, 0.717) is 12.4 Å². The summed E-state index contributed by atoms with van der Waals surface area (Å²) >= 11 is 0. The molecule has 28 heavy (non-hydrogen) atoms. The van der Waals surface area contributed by atoms with Crippen LogP contribution in [0.5, 0.6) is 0 Å². The van der Waals surface area contributed by atoms with Gasteiger partial charge in [-0.15, -0.1) is 5.10 Å². The molecule has 0 saturated carbocycles. The van der Waals surface area contributed by atoms with Gasteiger partial charge in [-0.05, 0) is 31.2 Å². The second kappa shape index (κ2) is 7.52. The summed E-state index contributed by atoms with van der Waals surface area (Å²) in [5.41, 5.74) is 1.74. The Morgan fingerprint density at radius 1 is 1.00 bits per heavy atom. The van der Waals surface area contributed by atoms with Gasteiger partial charge >= 0.3 is 0 Å². The summed E-state index contributed by atoms with van der Waals surface area (Å²) in [4.78, 5) is 19.0. The highest BCUT2D eigenvalue weighted by Gasteiger charge is 2.22. The van der Waals surface area contributed by atoms with Crippen molar-refractivity contribution in [3.05, 3.63) is 90.1 Å². The molecule has 0 fully saturated rings. The molecule has 2 heterocycles. The third-order valence-electron chi connectivity index (χ3n) is 4.37. The van der Waals surface area contributed by atoms with Gasteiger partial charge < -0.3 is 9.32 Å². The van der Waals surface area contributed by atoms with Crippen LogP contribution in [-0.2, 0) is 6.54 Å². The predicted molar refractivity (Wildman–Crippen MR) is 106 cm³/mol. The van der Waals surface area contributed by atoms with E-state index < -0.39 is 0 Å². The zero-order valence-electron chi connectivity index (χ0n) is 15.7. The van der Waals surface area contributed by atoms with Crippen LogP contribution < -0.4 is 0 Å². The highest BCUT2D eigenvalue weighted by Crippen LogP contribution is 2.21. The van der Waals surface area contributed by atoms with Crippen molar-refractivity contribution in [1.82, 2.24) is 19.7 Å². The maximum atomic E-state index is 12.9. The molecular weight excluding hydrogens is 352 g/mol. The van der Waals surface area contributed by atoms with E-state index >= 15 is 0 Å². The normalized spacial score (nSPS) is 10.8. The van der Waals surface area contributed by atoms with Gasteiger partial charge in [0.25, 0.3) is 5.91 Å². The lowest BCUT2D eigenvalue weighted by Crippen LogP contribution is -2.27. The number of aromatic nitrogens is 3. The van der Waals surface area contributed by atoms with Crippen molar-refractivity contribution >= 4 is 5.91 Å². The van der Waals surface area contributed by atoms with Gasteiger partial charge in [0.2, 0.25) is 5.82 Å². The van der Waals surface area contributed by atoms with Gasteiger partial charge in [0.05, 0.1) is 12.2 Å². The van der Waals surface area contributed by atoms with Crippen LogP contribution in [0.25, 0.3) is 17.1 Å². The molecule has 0 unspecified atom stereocenters. The van der Waals surface area contributed by atoms with Gasteiger partial charge in [0.15, 0.2) is 5.82 Å². The van der Waals surface area contributed by atoms with Crippen molar-refractivity contribution in [2.75, 3.05) is 7.05 Å². The molecule has 0 aliphatic heterocycles. The number of benzene rings is 2. The molecule has 0 spiro atoms. The van der Waals surface area contributed by atoms with Crippen molar-refractivity contribution in [3.63, 3.8) is 0 Å². The average Bonchev–Trinajstić information content (AvgIpc) is 3.35. The minimum absolute atomic E-state index is 0.147. The van der Waals surface area contributed by atoms with Crippen LogP contribution in [0.4, 0.5) is 0 Å². The Kier molecular flexibility index (Phi) is 4.76. The van der Waals surface area contributed by atoms with E-state index in [1.54, 1.807) is 16.6 Å². The molecule has 0 N–H and O–H groups in total. The monoisotopic (exact) mass is 372 g/mol. The molecule has 0 radical (unpaired) electrons. The topological polar surface area (TPSA) is 64.2 Å². The van der Waals surface area contributed by atoms with Gasteiger partial charge in [0, 0.05) is 12.6 Å². The van der Waals surface area contributed by atoms with Crippen LogP contribution in [0.2, 0.25) is 0 Å². The van der Waals surface area contributed by atoms with Gasteiger partial charge in [-0.1, -0.05) is 48.5 Å². The maximum Gasteiger partial charge on any atom is 0.293 e. The summed E-state index contributed by atoms with van der Waals surface area (Å²) in [6.45, 7) is 2.23. The number of nitrogens with zero attached hydrogens (tertiary/aromatic N) is 4. The number of amides is 1. The van der Waals surface area contributed by atoms with E-state index in [1.165, 1.54) is 0 Å². The first-order valence-electron chi connectivity index (χ1n) is 9.00. The number of aryl methyl sites for hydroxylation is 1. The lowest BCUT2D eigenvalue weighted by Gasteiger charge is -2.13. The molecule has 6 nitrogen and oxygen atoms in total. The maximum absolute atomic E-state index is 12.9. The Bertz CT molecular complexity index is 1030. The van der Waals surface area contributed by atoms with Crippen molar-refractivity contribution in [2.45, 2.75) is 13.5 Å². The molecule has 0 aliphatic carbocycles. The number of carbonyl (C=O) groups excluding carboxylic acids is 1. The number of hydrogen-bond donors (Lipinski definition) is 0. The summed E-state index contributed by atoms with van der Waals surface area (Å²) in [6, 6.07) is 23.1. The molecule has 140 valence electrons. The van der Waals surface area contributed by atoms with Crippen molar-refractivity contribution in [3.8, 4) is 17.1 Å². The molecule has 0 atom stereocenters. The minimum atomic E-state index is -0.263. The quantitative estimate of drug-likeness (QED) is 0.529. The highest BCUT2D eigenvalue weighted by molar-refractivity contribution is 5.90. The number of rotatable bonds is 5. The summed E-state index contributed by atoms with van der Waals surface area (Å²) < 4.78 is 7.27. The zero-order chi connectivity index (χ0) is 19.5. The predicted octanol–water partition coefficient (Wildman–Crippen LogP) is 4.11. The third kappa shape index (κ3) is 3.57. The van der Waals surface area contributed by atoms with Gasteiger partial charge in [0.1, 0.15) is 11.5 Å². The van der Waals surface area contributed by atoms with Crippen molar-refractivity contribution in [2.24, 2.45) is 0 Å².